The number of amides is 1. The van der Waals surface area contributed by atoms with Crippen molar-refractivity contribution in [1.29, 1.82) is 0 Å². The summed E-state index contributed by atoms with van der Waals surface area (Å²) in [5, 5.41) is 3.53. The van der Waals surface area contributed by atoms with Crippen LogP contribution in [0.15, 0.2) is 12.1 Å². The zero-order valence-electron chi connectivity index (χ0n) is 13.5. The highest BCUT2D eigenvalue weighted by Gasteiger charge is 2.31. The molecule has 1 aromatic rings. The van der Waals surface area contributed by atoms with Crippen LogP contribution < -0.4 is 5.32 Å². The molecule has 1 aliphatic rings. The lowest BCUT2D eigenvalue weighted by atomic mass is 9.90. The van der Waals surface area contributed by atoms with E-state index in [0.29, 0.717) is 22.6 Å². The summed E-state index contributed by atoms with van der Waals surface area (Å²) < 4.78 is 0. The molecule has 116 valence electrons. The molecule has 3 atom stereocenters. The number of hydrogen-bond donors (Lipinski definition) is 1. The van der Waals surface area contributed by atoms with Crippen LogP contribution in [0.2, 0.25) is 5.15 Å². The van der Waals surface area contributed by atoms with Gasteiger partial charge in [0.2, 0.25) is 0 Å². The number of nitrogens with one attached hydrogen (secondary N) is 1. The van der Waals surface area contributed by atoms with Crippen LogP contribution in [0.4, 0.5) is 0 Å². The summed E-state index contributed by atoms with van der Waals surface area (Å²) in [4.78, 5) is 16.8. The molecule has 1 heterocycles. The standard InChI is InChI=1S/C17H25ClN2O/c1-10-6-7-13(11(10)2)19-16(21)12-8-14(17(3,4)5)20-15(18)9-12/h8-11,13H,6-7H2,1-5H3,(H,19,21). The SMILES string of the molecule is CC1CCC(NC(=O)c2cc(Cl)nc(C(C)(C)C)c2)C1C. The number of hydrogen-bond acceptors (Lipinski definition) is 2. The van der Waals surface area contributed by atoms with Gasteiger partial charge < -0.3 is 5.32 Å². The van der Waals surface area contributed by atoms with Gasteiger partial charge in [0.05, 0.1) is 0 Å². The number of aromatic nitrogens is 1. The Hall–Kier alpha value is -1.09. The number of carbonyl (C=O) groups excluding carboxylic acids is 1. The van der Waals surface area contributed by atoms with Crippen molar-refractivity contribution in [3.05, 3.63) is 28.5 Å². The molecule has 3 unspecified atom stereocenters. The number of pyridine rings is 1. The smallest absolute Gasteiger partial charge is 0.251 e. The largest absolute Gasteiger partial charge is 0.349 e. The Morgan fingerprint density at radius 3 is 2.48 bits per heavy atom. The number of carbonyl (C=O) groups is 1. The maximum atomic E-state index is 12.5. The molecule has 1 fully saturated rings. The lowest BCUT2D eigenvalue weighted by Crippen LogP contribution is -2.37. The summed E-state index contributed by atoms with van der Waals surface area (Å²) in [7, 11) is 0. The summed E-state index contributed by atoms with van der Waals surface area (Å²) in [6.45, 7) is 10.6. The van der Waals surface area contributed by atoms with Gasteiger partial charge in [-0.15, -0.1) is 0 Å². The van der Waals surface area contributed by atoms with Crippen LogP contribution >= 0.6 is 11.6 Å². The first kappa shape index (κ1) is 16.3. The van der Waals surface area contributed by atoms with E-state index < -0.39 is 0 Å². The van der Waals surface area contributed by atoms with Crippen LogP contribution in [0.1, 0.15) is 63.5 Å². The van der Waals surface area contributed by atoms with Gasteiger partial charge in [0.1, 0.15) is 5.15 Å². The molecule has 0 aliphatic heterocycles. The molecule has 1 N–H and O–H groups in total. The van der Waals surface area contributed by atoms with Crippen LogP contribution in [0.3, 0.4) is 0 Å². The Morgan fingerprint density at radius 1 is 1.29 bits per heavy atom. The van der Waals surface area contributed by atoms with E-state index in [1.165, 1.54) is 6.42 Å². The molecule has 21 heavy (non-hydrogen) atoms. The van der Waals surface area contributed by atoms with Crippen molar-refractivity contribution >= 4 is 17.5 Å². The second-order valence-corrected chi connectivity index (χ2v) is 7.69. The molecule has 1 aromatic heterocycles. The van der Waals surface area contributed by atoms with Gasteiger partial charge in [-0.25, -0.2) is 4.98 Å². The molecule has 1 amide bonds. The lowest BCUT2D eigenvalue weighted by molar-refractivity contribution is 0.0927. The highest BCUT2D eigenvalue weighted by molar-refractivity contribution is 6.29. The van der Waals surface area contributed by atoms with E-state index in [0.717, 1.165) is 12.1 Å². The zero-order valence-corrected chi connectivity index (χ0v) is 14.3. The third-order valence-electron chi connectivity index (χ3n) is 4.61. The van der Waals surface area contributed by atoms with Crippen molar-refractivity contribution in [3.8, 4) is 0 Å². The number of nitrogens with zero attached hydrogens (tertiary/aromatic N) is 1. The van der Waals surface area contributed by atoms with Gasteiger partial charge in [-0.05, 0) is 36.8 Å². The fourth-order valence-electron chi connectivity index (χ4n) is 2.83. The van der Waals surface area contributed by atoms with Gasteiger partial charge in [-0.3, -0.25) is 4.79 Å². The Morgan fingerprint density at radius 2 is 1.95 bits per heavy atom. The monoisotopic (exact) mass is 308 g/mol. The normalized spacial score (nSPS) is 25.9. The molecule has 0 aromatic carbocycles. The lowest BCUT2D eigenvalue weighted by Gasteiger charge is -2.21. The minimum Gasteiger partial charge on any atom is -0.349 e. The quantitative estimate of drug-likeness (QED) is 0.832. The van der Waals surface area contributed by atoms with Crippen LogP contribution in [0.5, 0.6) is 0 Å². The van der Waals surface area contributed by atoms with E-state index >= 15 is 0 Å². The summed E-state index contributed by atoms with van der Waals surface area (Å²) in [5.74, 6) is 1.14. The number of halogens is 1. The van der Waals surface area contributed by atoms with Crippen molar-refractivity contribution in [1.82, 2.24) is 10.3 Å². The maximum Gasteiger partial charge on any atom is 0.251 e. The van der Waals surface area contributed by atoms with Crippen molar-refractivity contribution in [2.24, 2.45) is 11.8 Å². The summed E-state index contributed by atoms with van der Waals surface area (Å²) >= 11 is 6.08. The first-order chi connectivity index (χ1) is 9.68. The minimum atomic E-state index is -0.130. The van der Waals surface area contributed by atoms with Crippen molar-refractivity contribution in [2.45, 2.75) is 58.9 Å². The van der Waals surface area contributed by atoms with Gasteiger partial charge in [-0.1, -0.05) is 46.2 Å². The summed E-state index contributed by atoms with van der Waals surface area (Å²) in [5.41, 5.74) is 1.31. The van der Waals surface area contributed by atoms with Crippen molar-refractivity contribution in [2.75, 3.05) is 0 Å². The van der Waals surface area contributed by atoms with Gasteiger partial charge in [0.25, 0.3) is 5.91 Å². The fraction of sp³-hybridized carbons (Fsp3) is 0.647. The number of rotatable bonds is 2. The molecule has 2 rings (SSSR count). The van der Waals surface area contributed by atoms with Crippen molar-refractivity contribution in [3.63, 3.8) is 0 Å². The van der Waals surface area contributed by atoms with E-state index in [1.54, 1.807) is 6.07 Å². The third-order valence-corrected chi connectivity index (χ3v) is 4.80. The molecule has 0 bridgehead atoms. The molecule has 0 spiro atoms. The van der Waals surface area contributed by atoms with Crippen LogP contribution in [-0.2, 0) is 5.41 Å². The molecule has 1 saturated carbocycles. The van der Waals surface area contributed by atoms with E-state index in [1.807, 2.05) is 6.07 Å². The molecule has 3 nitrogen and oxygen atoms in total. The fourth-order valence-corrected chi connectivity index (χ4v) is 3.04. The minimum absolute atomic E-state index is 0.0456. The van der Waals surface area contributed by atoms with E-state index in [4.69, 9.17) is 11.6 Å². The zero-order chi connectivity index (χ0) is 15.8. The highest BCUT2D eigenvalue weighted by Crippen LogP contribution is 2.31. The maximum absolute atomic E-state index is 12.5. The van der Waals surface area contributed by atoms with Crippen LogP contribution in [-0.4, -0.2) is 16.9 Å². The second-order valence-electron chi connectivity index (χ2n) is 7.31. The predicted octanol–water partition coefficient (Wildman–Crippen LogP) is 4.20. The average Bonchev–Trinajstić information content (AvgIpc) is 2.69. The molecular weight excluding hydrogens is 284 g/mol. The Kier molecular flexibility index (Phi) is 4.62. The van der Waals surface area contributed by atoms with Gasteiger partial charge in [0.15, 0.2) is 0 Å². The second kappa shape index (κ2) is 5.96. The van der Waals surface area contributed by atoms with Gasteiger partial charge >= 0.3 is 0 Å². The third kappa shape index (κ3) is 3.76. The Labute approximate surface area is 132 Å². The summed E-state index contributed by atoms with van der Waals surface area (Å²) in [6.07, 6.45) is 2.23. The highest BCUT2D eigenvalue weighted by atomic mass is 35.5. The Balaban J connectivity index is 2.18. The summed E-state index contributed by atoms with van der Waals surface area (Å²) in [6, 6.07) is 3.76. The Bertz CT molecular complexity index is 536. The van der Waals surface area contributed by atoms with Crippen LogP contribution in [0.25, 0.3) is 0 Å². The predicted molar refractivity (Wildman–Crippen MR) is 86.8 cm³/mol. The van der Waals surface area contributed by atoms with Gasteiger partial charge in [0, 0.05) is 22.7 Å². The molecule has 1 aliphatic carbocycles. The first-order valence-corrected chi connectivity index (χ1v) is 8.05. The van der Waals surface area contributed by atoms with E-state index in [-0.39, 0.29) is 17.4 Å². The average molecular weight is 309 g/mol. The topological polar surface area (TPSA) is 42.0 Å². The van der Waals surface area contributed by atoms with Gasteiger partial charge in [-0.2, -0.15) is 0 Å². The molecule has 0 radical (unpaired) electrons. The molecule has 4 heteroatoms. The van der Waals surface area contributed by atoms with E-state index in [9.17, 15) is 4.79 Å². The first-order valence-electron chi connectivity index (χ1n) is 7.67. The van der Waals surface area contributed by atoms with Crippen molar-refractivity contribution < 1.29 is 4.79 Å². The molecule has 0 saturated heterocycles. The van der Waals surface area contributed by atoms with E-state index in [2.05, 4.69) is 44.9 Å². The molecular formula is C17H25ClN2O. The van der Waals surface area contributed by atoms with Crippen LogP contribution in [0, 0.1) is 11.8 Å².